The van der Waals surface area contributed by atoms with Crippen molar-refractivity contribution in [3.05, 3.63) is 71.5 Å². The van der Waals surface area contributed by atoms with Gasteiger partial charge >= 0.3 is 0 Å². The normalized spacial score (nSPS) is 22.7. The van der Waals surface area contributed by atoms with E-state index in [4.69, 9.17) is 4.74 Å². The van der Waals surface area contributed by atoms with Gasteiger partial charge in [0.2, 0.25) is 0 Å². The zero-order valence-corrected chi connectivity index (χ0v) is 15.3. The molecule has 2 aromatic carbocycles. The Kier molecular flexibility index (Phi) is 5.55. The minimum Gasteiger partial charge on any atom is -0.376 e. The highest BCUT2D eigenvalue weighted by Gasteiger charge is 2.42. The van der Waals surface area contributed by atoms with Crippen molar-refractivity contribution in [3.63, 3.8) is 0 Å². The van der Waals surface area contributed by atoms with E-state index in [2.05, 4.69) is 49.5 Å². The van der Waals surface area contributed by atoms with Gasteiger partial charge in [-0.1, -0.05) is 48.5 Å². The molecule has 0 aliphatic carbocycles. The number of halogens is 1. The van der Waals surface area contributed by atoms with Crippen LogP contribution >= 0.6 is 0 Å². The summed E-state index contributed by atoms with van der Waals surface area (Å²) in [6.45, 7) is 6.85. The van der Waals surface area contributed by atoms with Crippen molar-refractivity contribution in [3.8, 4) is 0 Å². The van der Waals surface area contributed by atoms with Gasteiger partial charge in [-0.05, 0) is 38.3 Å². The summed E-state index contributed by atoms with van der Waals surface area (Å²) in [5.74, 6) is -0.108. The van der Waals surface area contributed by atoms with Gasteiger partial charge in [-0.2, -0.15) is 0 Å². The average Bonchev–Trinajstić information content (AvgIpc) is 2.60. The molecule has 1 aliphatic rings. The van der Waals surface area contributed by atoms with Gasteiger partial charge in [0.05, 0.1) is 12.1 Å². The molecule has 1 heterocycles. The Morgan fingerprint density at radius 3 is 2.48 bits per heavy atom. The van der Waals surface area contributed by atoms with E-state index in [0.29, 0.717) is 6.54 Å². The summed E-state index contributed by atoms with van der Waals surface area (Å²) in [6, 6.07) is 17.9. The molecule has 3 rings (SSSR count). The fourth-order valence-corrected chi connectivity index (χ4v) is 4.17. The molecule has 0 bridgehead atoms. The van der Waals surface area contributed by atoms with Crippen LogP contribution in [0.5, 0.6) is 0 Å². The maximum absolute atomic E-state index is 13.8. The second-order valence-corrected chi connectivity index (χ2v) is 7.80. The van der Waals surface area contributed by atoms with Gasteiger partial charge < -0.3 is 10.1 Å². The summed E-state index contributed by atoms with van der Waals surface area (Å²) >= 11 is 0. The van der Waals surface area contributed by atoms with Crippen molar-refractivity contribution in [2.24, 2.45) is 0 Å². The Morgan fingerprint density at radius 1 is 1.04 bits per heavy atom. The first kappa shape index (κ1) is 18.1. The monoisotopic (exact) mass is 342 g/mol. The van der Waals surface area contributed by atoms with Crippen LogP contribution in [0.25, 0.3) is 0 Å². The van der Waals surface area contributed by atoms with Crippen LogP contribution in [0, 0.1) is 5.82 Å². The predicted molar refractivity (Wildman–Crippen MR) is 98.9 cm³/mol. The number of benzene rings is 2. The van der Waals surface area contributed by atoms with Gasteiger partial charge in [0.15, 0.2) is 0 Å². The molecule has 1 aliphatic heterocycles. The Bertz CT molecular complexity index is 685. The number of quaternary nitrogens is 1. The first-order valence-corrected chi connectivity index (χ1v) is 9.25. The van der Waals surface area contributed by atoms with E-state index in [1.807, 2.05) is 12.1 Å². The van der Waals surface area contributed by atoms with Gasteiger partial charge in [-0.15, -0.1) is 0 Å². The second-order valence-electron chi connectivity index (χ2n) is 7.80. The molecule has 2 nitrogen and oxygen atoms in total. The molecule has 1 atom stereocenters. The number of hydrogen-bond acceptors (Lipinski definition) is 1. The van der Waals surface area contributed by atoms with E-state index in [-0.39, 0.29) is 16.8 Å². The highest BCUT2D eigenvalue weighted by atomic mass is 19.1. The van der Waals surface area contributed by atoms with Crippen LogP contribution < -0.4 is 5.32 Å². The van der Waals surface area contributed by atoms with Crippen LogP contribution in [0.2, 0.25) is 0 Å². The quantitative estimate of drug-likeness (QED) is 0.794. The summed E-state index contributed by atoms with van der Waals surface area (Å²) in [5, 5.41) is 2.23. The third kappa shape index (κ3) is 4.47. The highest BCUT2D eigenvalue weighted by molar-refractivity contribution is 5.27. The van der Waals surface area contributed by atoms with Crippen molar-refractivity contribution in [1.82, 2.24) is 0 Å². The molecular formula is C22H29FNO+. The Morgan fingerprint density at radius 2 is 1.76 bits per heavy atom. The molecule has 25 heavy (non-hydrogen) atoms. The molecule has 2 aromatic rings. The molecule has 0 amide bonds. The summed E-state index contributed by atoms with van der Waals surface area (Å²) in [4.78, 5) is 0. The summed E-state index contributed by atoms with van der Waals surface area (Å²) in [6.07, 6.45) is 3.16. The van der Waals surface area contributed by atoms with Crippen molar-refractivity contribution >= 4 is 0 Å². The Hall–Kier alpha value is -1.71. The van der Waals surface area contributed by atoms with Crippen LogP contribution in [0.4, 0.5) is 4.39 Å². The maximum atomic E-state index is 13.8. The Balaban J connectivity index is 1.68. The molecule has 134 valence electrons. The van der Waals surface area contributed by atoms with Gasteiger partial charge in [-0.3, -0.25) is 0 Å². The maximum Gasteiger partial charge on any atom is 0.132 e. The SMILES string of the molecule is CC1(C)C[C@](CC[NH2+]Cc2ccccc2F)(c2ccccc2)CCO1. The highest BCUT2D eigenvalue weighted by Crippen LogP contribution is 2.43. The standard InChI is InChI=1S/C22H28FNO/c1-21(2)17-22(13-15-25-21,19-9-4-3-5-10-19)12-14-24-16-18-8-6-7-11-20(18)23/h3-11,24H,12-17H2,1-2H3/p+1/t22-/m1/s1. The van der Waals surface area contributed by atoms with Crippen molar-refractivity contribution in [2.75, 3.05) is 13.2 Å². The predicted octanol–water partition coefficient (Wildman–Crippen LogP) is 3.81. The molecule has 0 spiro atoms. The van der Waals surface area contributed by atoms with Crippen molar-refractivity contribution in [1.29, 1.82) is 0 Å². The van der Waals surface area contributed by atoms with E-state index in [9.17, 15) is 4.39 Å². The van der Waals surface area contributed by atoms with Crippen LogP contribution in [-0.4, -0.2) is 18.8 Å². The topological polar surface area (TPSA) is 25.8 Å². The zero-order chi connectivity index (χ0) is 17.8. The molecule has 0 aromatic heterocycles. The smallest absolute Gasteiger partial charge is 0.132 e. The minimum absolute atomic E-state index is 0.0976. The van der Waals surface area contributed by atoms with E-state index in [0.717, 1.165) is 38.0 Å². The van der Waals surface area contributed by atoms with E-state index < -0.39 is 0 Å². The summed E-state index contributed by atoms with van der Waals surface area (Å²) in [7, 11) is 0. The average molecular weight is 342 g/mol. The molecule has 0 unspecified atom stereocenters. The lowest BCUT2D eigenvalue weighted by Gasteiger charge is -2.45. The van der Waals surface area contributed by atoms with E-state index in [1.165, 1.54) is 11.6 Å². The van der Waals surface area contributed by atoms with Gasteiger partial charge in [0, 0.05) is 24.0 Å². The van der Waals surface area contributed by atoms with Gasteiger partial charge in [0.25, 0.3) is 0 Å². The molecule has 1 fully saturated rings. The first-order chi connectivity index (χ1) is 12.0. The zero-order valence-electron chi connectivity index (χ0n) is 15.3. The van der Waals surface area contributed by atoms with Crippen LogP contribution in [0.3, 0.4) is 0 Å². The van der Waals surface area contributed by atoms with Crippen LogP contribution in [0.1, 0.15) is 44.2 Å². The second kappa shape index (κ2) is 7.67. The van der Waals surface area contributed by atoms with Crippen LogP contribution in [0.15, 0.2) is 54.6 Å². The van der Waals surface area contributed by atoms with Crippen molar-refractivity contribution in [2.45, 2.75) is 50.7 Å². The summed E-state index contributed by atoms with van der Waals surface area (Å²) < 4.78 is 19.8. The third-order valence-electron chi connectivity index (χ3n) is 5.37. The lowest BCUT2D eigenvalue weighted by atomic mass is 9.67. The molecule has 0 radical (unpaired) electrons. The fourth-order valence-electron chi connectivity index (χ4n) is 4.17. The largest absolute Gasteiger partial charge is 0.376 e. The lowest BCUT2D eigenvalue weighted by molar-refractivity contribution is -0.672. The van der Waals surface area contributed by atoms with E-state index >= 15 is 0 Å². The number of rotatable bonds is 6. The molecule has 3 heteroatoms. The minimum atomic E-state index is -0.108. The first-order valence-electron chi connectivity index (χ1n) is 9.25. The number of nitrogens with two attached hydrogens (primary N) is 1. The third-order valence-corrected chi connectivity index (χ3v) is 5.37. The van der Waals surface area contributed by atoms with Gasteiger partial charge in [0.1, 0.15) is 12.4 Å². The molecule has 0 saturated carbocycles. The number of ether oxygens (including phenoxy) is 1. The van der Waals surface area contributed by atoms with Crippen LogP contribution in [-0.2, 0) is 16.7 Å². The van der Waals surface area contributed by atoms with E-state index in [1.54, 1.807) is 6.07 Å². The molecular weight excluding hydrogens is 313 g/mol. The summed E-state index contributed by atoms with van der Waals surface area (Å²) in [5.41, 5.74) is 2.24. The number of hydrogen-bond donors (Lipinski definition) is 1. The van der Waals surface area contributed by atoms with Crippen molar-refractivity contribution < 1.29 is 14.4 Å². The molecule has 1 saturated heterocycles. The Labute approximate surface area is 150 Å². The molecule has 2 N–H and O–H groups in total. The lowest BCUT2D eigenvalue weighted by Crippen LogP contribution is -2.83. The fraction of sp³-hybridized carbons (Fsp3) is 0.455. The van der Waals surface area contributed by atoms with Gasteiger partial charge in [-0.25, -0.2) is 4.39 Å².